The lowest BCUT2D eigenvalue weighted by molar-refractivity contribution is -0.143. The van der Waals surface area contributed by atoms with Crippen molar-refractivity contribution in [3.8, 4) is 0 Å². The summed E-state index contributed by atoms with van der Waals surface area (Å²) in [5, 5.41) is 0. The normalized spacial score (nSPS) is 13.1. The predicted molar refractivity (Wildman–Crippen MR) is 67.3 cm³/mol. The molecule has 112 valence electrons. The van der Waals surface area contributed by atoms with Crippen LogP contribution in [0.4, 0.5) is 0 Å². The second-order valence-corrected chi connectivity index (χ2v) is 5.76. The van der Waals surface area contributed by atoms with Gasteiger partial charge >= 0.3 is 11.9 Å². The summed E-state index contributed by atoms with van der Waals surface area (Å²) < 4.78 is 36.2. The minimum Gasteiger partial charge on any atom is -0.468 e. The molecule has 0 rings (SSSR count). The first-order chi connectivity index (χ1) is 8.71. The van der Waals surface area contributed by atoms with Crippen LogP contribution in [0.5, 0.6) is 0 Å². The quantitative estimate of drug-likeness (QED) is 0.566. The summed E-state index contributed by atoms with van der Waals surface area (Å²) in [5.74, 6) is -1.33. The highest BCUT2D eigenvalue weighted by molar-refractivity contribution is 7.87. The smallest absolute Gasteiger partial charge is 0.323 e. The van der Waals surface area contributed by atoms with E-state index in [4.69, 9.17) is 0 Å². The van der Waals surface area contributed by atoms with Gasteiger partial charge in [-0.3, -0.25) is 9.59 Å². The van der Waals surface area contributed by atoms with Crippen LogP contribution >= 0.6 is 0 Å². The summed E-state index contributed by atoms with van der Waals surface area (Å²) in [7, 11) is -1.68. The van der Waals surface area contributed by atoms with Crippen molar-refractivity contribution < 1.29 is 27.5 Å². The molecule has 8 nitrogen and oxygen atoms in total. The Morgan fingerprint density at radius 3 is 2.16 bits per heavy atom. The van der Waals surface area contributed by atoms with Crippen LogP contribution in [0.1, 0.15) is 20.3 Å². The summed E-state index contributed by atoms with van der Waals surface area (Å²) >= 11 is 0. The number of methoxy groups -OCH3 is 2. The fourth-order valence-electron chi connectivity index (χ4n) is 1.26. The van der Waals surface area contributed by atoms with Crippen LogP contribution < -0.4 is 9.44 Å². The van der Waals surface area contributed by atoms with E-state index in [2.05, 4.69) is 14.2 Å². The van der Waals surface area contributed by atoms with Crippen LogP contribution in [-0.4, -0.2) is 47.2 Å². The summed E-state index contributed by atoms with van der Waals surface area (Å²) in [6.07, 6.45) is 0.284. The van der Waals surface area contributed by atoms with Crippen LogP contribution in [0.15, 0.2) is 0 Å². The minimum atomic E-state index is -3.99. The molecule has 0 fully saturated rings. The van der Waals surface area contributed by atoms with E-state index in [0.717, 1.165) is 7.11 Å². The molecule has 9 heteroatoms. The molecule has 0 aromatic heterocycles. The molecule has 0 aliphatic heterocycles. The van der Waals surface area contributed by atoms with Gasteiger partial charge in [0.25, 0.3) is 10.2 Å². The van der Waals surface area contributed by atoms with Crippen molar-refractivity contribution in [2.75, 3.05) is 20.8 Å². The Balaban J connectivity index is 4.63. The molecule has 0 radical (unpaired) electrons. The molecule has 0 amide bonds. The van der Waals surface area contributed by atoms with Crippen LogP contribution in [0.3, 0.4) is 0 Å². The predicted octanol–water partition coefficient (Wildman–Crippen LogP) is -0.829. The fraction of sp³-hybridized carbons (Fsp3) is 0.800. The molecule has 2 N–H and O–H groups in total. The van der Waals surface area contributed by atoms with E-state index < -0.39 is 34.7 Å². The van der Waals surface area contributed by atoms with E-state index in [1.54, 1.807) is 0 Å². The lowest BCUT2D eigenvalue weighted by Gasteiger charge is -2.18. The van der Waals surface area contributed by atoms with Gasteiger partial charge in [-0.25, -0.2) is 0 Å². The molecule has 0 saturated heterocycles. The number of carbonyl (C=O) groups excluding carboxylic acids is 2. The number of rotatable bonds is 8. The molecular weight excluding hydrogens is 276 g/mol. The molecule has 0 spiro atoms. The van der Waals surface area contributed by atoms with E-state index >= 15 is 0 Å². The van der Waals surface area contributed by atoms with Gasteiger partial charge in [0, 0.05) is 0 Å². The van der Waals surface area contributed by atoms with E-state index in [-0.39, 0.29) is 12.3 Å². The van der Waals surface area contributed by atoms with Crippen LogP contribution in [0, 0.1) is 5.92 Å². The van der Waals surface area contributed by atoms with Crippen molar-refractivity contribution in [2.45, 2.75) is 26.3 Å². The van der Waals surface area contributed by atoms with Crippen molar-refractivity contribution in [1.29, 1.82) is 0 Å². The summed E-state index contributed by atoms with van der Waals surface area (Å²) in [4.78, 5) is 22.3. The second-order valence-electron chi connectivity index (χ2n) is 4.22. The molecule has 19 heavy (non-hydrogen) atoms. The topological polar surface area (TPSA) is 111 Å². The van der Waals surface area contributed by atoms with Crippen LogP contribution in [0.2, 0.25) is 0 Å². The lowest BCUT2D eigenvalue weighted by atomic mass is 10.1. The number of carbonyl (C=O) groups is 2. The monoisotopic (exact) mass is 296 g/mol. The van der Waals surface area contributed by atoms with Gasteiger partial charge in [0.1, 0.15) is 12.6 Å². The van der Waals surface area contributed by atoms with Gasteiger partial charge < -0.3 is 9.47 Å². The van der Waals surface area contributed by atoms with Crippen molar-refractivity contribution >= 4 is 22.1 Å². The molecule has 0 heterocycles. The summed E-state index contributed by atoms with van der Waals surface area (Å²) in [5.41, 5.74) is 0. The van der Waals surface area contributed by atoms with Gasteiger partial charge in [-0.05, 0) is 12.3 Å². The number of nitrogens with one attached hydrogen (secondary N) is 2. The van der Waals surface area contributed by atoms with Gasteiger partial charge in [-0.2, -0.15) is 17.9 Å². The third-order valence-corrected chi connectivity index (χ3v) is 3.24. The van der Waals surface area contributed by atoms with E-state index in [1.165, 1.54) is 7.11 Å². The zero-order valence-electron chi connectivity index (χ0n) is 11.4. The van der Waals surface area contributed by atoms with Gasteiger partial charge in [-0.15, -0.1) is 0 Å². The number of hydrogen-bond donors (Lipinski definition) is 2. The highest BCUT2D eigenvalue weighted by Crippen LogP contribution is 2.07. The largest absolute Gasteiger partial charge is 0.468 e. The Bertz CT molecular complexity index is 406. The number of esters is 2. The molecule has 1 unspecified atom stereocenters. The van der Waals surface area contributed by atoms with E-state index in [0.29, 0.717) is 0 Å². The standard InChI is InChI=1S/C10H20N2O6S/c1-7(2)5-8(10(14)18-4)12-19(15,16)11-6-9(13)17-3/h7-8,11-12H,5-6H2,1-4H3. The summed E-state index contributed by atoms with van der Waals surface area (Å²) in [6, 6.07) is -1.000. The van der Waals surface area contributed by atoms with Gasteiger partial charge in [0.05, 0.1) is 14.2 Å². The second kappa shape index (κ2) is 8.08. The SMILES string of the molecule is COC(=O)CNS(=O)(=O)NC(CC(C)C)C(=O)OC. The highest BCUT2D eigenvalue weighted by Gasteiger charge is 2.26. The molecule has 1 atom stereocenters. The maximum atomic E-state index is 11.6. The Labute approximate surface area is 113 Å². The Morgan fingerprint density at radius 2 is 1.74 bits per heavy atom. The lowest BCUT2D eigenvalue weighted by Crippen LogP contribution is -2.48. The van der Waals surface area contributed by atoms with Crippen molar-refractivity contribution in [1.82, 2.24) is 9.44 Å². The first-order valence-corrected chi connectivity index (χ1v) is 7.11. The van der Waals surface area contributed by atoms with Crippen LogP contribution in [-0.2, 0) is 29.3 Å². The number of ether oxygens (including phenoxy) is 2. The third-order valence-electron chi connectivity index (χ3n) is 2.12. The average Bonchev–Trinajstić information content (AvgIpc) is 2.33. The van der Waals surface area contributed by atoms with Crippen molar-refractivity contribution in [2.24, 2.45) is 5.92 Å². The Morgan fingerprint density at radius 1 is 1.16 bits per heavy atom. The molecule has 0 aromatic rings. The Kier molecular flexibility index (Phi) is 7.57. The van der Waals surface area contributed by atoms with Crippen molar-refractivity contribution in [3.05, 3.63) is 0 Å². The fourth-order valence-corrected chi connectivity index (χ4v) is 2.22. The number of hydrogen-bond acceptors (Lipinski definition) is 6. The minimum absolute atomic E-state index is 0.0902. The first kappa shape index (κ1) is 17.8. The van der Waals surface area contributed by atoms with Gasteiger partial charge in [0.2, 0.25) is 0 Å². The van der Waals surface area contributed by atoms with E-state index in [1.807, 2.05) is 18.6 Å². The zero-order chi connectivity index (χ0) is 15.1. The molecule has 0 aromatic carbocycles. The molecule has 0 aliphatic rings. The molecule has 0 saturated carbocycles. The highest BCUT2D eigenvalue weighted by atomic mass is 32.2. The van der Waals surface area contributed by atoms with Crippen LogP contribution in [0.25, 0.3) is 0 Å². The molecular formula is C10H20N2O6S. The maximum absolute atomic E-state index is 11.6. The molecule has 0 bridgehead atoms. The van der Waals surface area contributed by atoms with Gasteiger partial charge in [0.15, 0.2) is 0 Å². The van der Waals surface area contributed by atoms with E-state index in [9.17, 15) is 18.0 Å². The molecule has 0 aliphatic carbocycles. The van der Waals surface area contributed by atoms with Gasteiger partial charge in [-0.1, -0.05) is 13.8 Å². The maximum Gasteiger partial charge on any atom is 0.323 e. The zero-order valence-corrected chi connectivity index (χ0v) is 12.2. The average molecular weight is 296 g/mol. The Hall–Kier alpha value is -1.19. The van der Waals surface area contributed by atoms with Crippen molar-refractivity contribution in [3.63, 3.8) is 0 Å². The summed E-state index contributed by atoms with van der Waals surface area (Å²) in [6.45, 7) is 3.17. The third kappa shape index (κ3) is 7.75. The first-order valence-electron chi connectivity index (χ1n) is 5.63.